The summed E-state index contributed by atoms with van der Waals surface area (Å²) in [5.74, 6) is -0.640. The highest BCUT2D eigenvalue weighted by Crippen LogP contribution is 2.32. The van der Waals surface area contributed by atoms with Crippen molar-refractivity contribution in [1.29, 1.82) is 0 Å². The van der Waals surface area contributed by atoms with E-state index in [1.165, 1.54) is 28.2 Å². The molecule has 0 saturated carbocycles. The fourth-order valence-electron chi connectivity index (χ4n) is 2.71. The normalized spacial score (nSPS) is 20.4. The highest BCUT2D eigenvalue weighted by Gasteiger charge is 2.27. The number of nitrogens with one attached hydrogen (secondary N) is 1. The van der Waals surface area contributed by atoms with Crippen LogP contribution in [0, 0.1) is 11.8 Å². The molecule has 1 aromatic heterocycles. The minimum Gasteiger partial charge on any atom is -0.480 e. The first kappa shape index (κ1) is 16.0. The average Bonchev–Trinajstić information content (AvgIpc) is 2.86. The van der Waals surface area contributed by atoms with Gasteiger partial charge in [-0.25, -0.2) is 4.79 Å². The van der Waals surface area contributed by atoms with Gasteiger partial charge in [-0.05, 0) is 42.7 Å². The van der Waals surface area contributed by atoms with Crippen LogP contribution in [0.3, 0.4) is 0 Å². The van der Waals surface area contributed by atoms with Gasteiger partial charge in [-0.2, -0.15) is 0 Å². The zero-order valence-electron chi connectivity index (χ0n) is 12.8. The van der Waals surface area contributed by atoms with Crippen LogP contribution in [0.1, 0.15) is 53.7 Å². The number of thiophene rings is 1. The number of hydrogen-bond acceptors (Lipinski definition) is 3. The van der Waals surface area contributed by atoms with Crippen molar-refractivity contribution >= 4 is 23.2 Å². The molecule has 21 heavy (non-hydrogen) atoms. The van der Waals surface area contributed by atoms with Gasteiger partial charge >= 0.3 is 5.97 Å². The number of carbonyl (C=O) groups is 2. The van der Waals surface area contributed by atoms with E-state index in [4.69, 9.17) is 0 Å². The second-order valence-electron chi connectivity index (χ2n) is 6.08. The summed E-state index contributed by atoms with van der Waals surface area (Å²) < 4.78 is 0. The third-order valence-corrected chi connectivity index (χ3v) is 5.55. The third-order valence-electron chi connectivity index (χ3n) is 4.32. The van der Waals surface area contributed by atoms with Crippen LogP contribution in [-0.2, 0) is 17.6 Å². The molecule has 4 nitrogen and oxygen atoms in total. The Kier molecular flexibility index (Phi) is 5.04. The van der Waals surface area contributed by atoms with Gasteiger partial charge in [0.25, 0.3) is 5.91 Å². The summed E-state index contributed by atoms with van der Waals surface area (Å²) in [6.07, 6.45) is 3.93. The second kappa shape index (κ2) is 6.60. The fourth-order valence-corrected chi connectivity index (χ4v) is 3.82. The lowest BCUT2D eigenvalue weighted by Crippen LogP contribution is -2.44. The monoisotopic (exact) mass is 309 g/mol. The maximum Gasteiger partial charge on any atom is 0.326 e. The Morgan fingerprint density at radius 3 is 2.86 bits per heavy atom. The van der Waals surface area contributed by atoms with Gasteiger partial charge in [0.15, 0.2) is 0 Å². The zero-order chi connectivity index (χ0) is 15.6. The van der Waals surface area contributed by atoms with Gasteiger partial charge < -0.3 is 10.4 Å². The smallest absolute Gasteiger partial charge is 0.326 e. The molecule has 1 amide bonds. The molecule has 1 unspecified atom stereocenters. The van der Waals surface area contributed by atoms with E-state index in [0.29, 0.717) is 10.8 Å². The highest BCUT2D eigenvalue weighted by molar-refractivity contribution is 7.14. The van der Waals surface area contributed by atoms with Crippen molar-refractivity contribution in [3.63, 3.8) is 0 Å². The molecular formula is C16H23NO3S. The number of carboxylic acids is 1. The Hall–Kier alpha value is -1.36. The van der Waals surface area contributed by atoms with E-state index < -0.39 is 12.0 Å². The molecular weight excluding hydrogens is 286 g/mol. The molecule has 0 fully saturated rings. The van der Waals surface area contributed by atoms with Crippen LogP contribution in [0.4, 0.5) is 0 Å². The Balaban J connectivity index is 2.11. The van der Waals surface area contributed by atoms with Gasteiger partial charge in [0, 0.05) is 4.88 Å². The Bertz CT molecular complexity index is 538. The SMILES string of the molecule is CC[C@H](C)[C@H](NC(=O)c1cc2c(s1)CCC(C)C2)C(=O)O. The summed E-state index contributed by atoms with van der Waals surface area (Å²) >= 11 is 1.51. The molecule has 0 saturated heterocycles. The number of carboxylic acid groups (broad SMARTS) is 1. The number of aliphatic carboxylic acids is 1. The third kappa shape index (κ3) is 3.64. The maximum absolute atomic E-state index is 12.3. The van der Waals surface area contributed by atoms with E-state index in [0.717, 1.165) is 19.3 Å². The molecule has 1 aromatic rings. The first-order valence-electron chi connectivity index (χ1n) is 7.57. The summed E-state index contributed by atoms with van der Waals surface area (Å²) in [6, 6.07) is 1.13. The minimum absolute atomic E-state index is 0.0824. The standard InChI is InChI=1S/C16H23NO3S/c1-4-10(3)14(16(19)20)17-15(18)13-8-11-7-9(2)5-6-12(11)21-13/h8-10,14H,4-7H2,1-3H3,(H,17,18)(H,19,20)/t9?,10-,14-/m0/s1. The van der Waals surface area contributed by atoms with Gasteiger partial charge in [-0.1, -0.05) is 27.2 Å². The maximum atomic E-state index is 12.3. The lowest BCUT2D eigenvalue weighted by atomic mass is 9.90. The summed E-state index contributed by atoms with van der Waals surface area (Å²) in [7, 11) is 0. The van der Waals surface area contributed by atoms with Crippen LogP contribution >= 0.6 is 11.3 Å². The molecule has 116 valence electrons. The summed E-state index contributed by atoms with van der Waals surface area (Å²) in [5.41, 5.74) is 1.26. The molecule has 5 heteroatoms. The highest BCUT2D eigenvalue weighted by atomic mass is 32.1. The molecule has 0 bridgehead atoms. The average molecular weight is 309 g/mol. The first-order valence-corrected chi connectivity index (χ1v) is 8.39. The summed E-state index contributed by atoms with van der Waals surface area (Å²) in [6.45, 7) is 6.00. The van der Waals surface area contributed by atoms with E-state index in [1.54, 1.807) is 0 Å². The number of rotatable bonds is 5. The quantitative estimate of drug-likeness (QED) is 0.878. The van der Waals surface area contributed by atoms with Crippen LogP contribution < -0.4 is 5.32 Å². The van der Waals surface area contributed by atoms with Crippen LogP contribution in [0.15, 0.2) is 6.07 Å². The van der Waals surface area contributed by atoms with Crippen molar-refractivity contribution in [2.24, 2.45) is 11.8 Å². The molecule has 0 radical (unpaired) electrons. The van der Waals surface area contributed by atoms with Gasteiger partial charge in [-0.15, -0.1) is 11.3 Å². The van der Waals surface area contributed by atoms with Gasteiger partial charge in [0.2, 0.25) is 0 Å². The van der Waals surface area contributed by atoms with Crippen molar-refractivity contribution in [2.75, 3.05) is 0 Å². The van der Waals surface area contributed by atoms with Crippen LogP contribution in [0.5, 0.6) is 0 Å². The molecule has 3 atom stereocenters. The van der Waals surface area contributed by atoms with E-state index in [9.17, 15) is 14.7 Å². The lowest BCUT2D eigenvalue weighted by Gasteiger charge is -2.19. The van der Waals surface area contributed by atoms with E-state index >= 15 is 0 Å². The number of hydrogen-bond donors (Lipinski definition) is 2. The second-order valence-corrected chi connectivity index (χ2v) is 7.22. The van der Waals surface area contributed by atoms with Crippen LogP contribution in [0.25, 0.3) is 0 Å². The topological polar surface area (TPSA) is 66.4 Å². The molecule has 1 heterocycles. The predicted octanol–water partition coefficient (Wildman–Crippen LogP) is 3.10. The van der Waals surface area contributed by atoms with Crippen molar-refractivity contribution in [1.82, 2.24) is 5.32 Å². The van der Waals surface area contributed by atoms with Gasteiger partial charge in [-0.3, -0.25) is 4.79 Å². The molecule has 2 N–H and O–H groups in total. The Labute approximate surface area is 129 Å². The Morgan fingerprint density at radius 2 is 2.24 bits per heavy atom. The van der Waals surface area contributed by atoms with Crippen molar-refractivity contribution in [3.05, 3.63) is 21.4 Å². The van der Waals surface area contributed by atoms with Gasteiger partial charge in [0.05, 0.1) is 4.88 Å². The molecule has 0 aromatic carbocycles. The number of carbonyl (C=O) groups excluding carboxylic acids is 1. The molecule has 1 aliphatic rings. The van der Waals surface area contributed by atoms with Gasteiger partial charge in [0.1, 0.15) is 6.04 Å². The van der Waals surface area contributed by atoms with E-state index in [2.05, 4.69) is 12.2 Å². The summed E-state index contributed by atoms with van der Waals surface area (Å²) in [5, 5.41) is 11.9. The molecule has 0 spiro atoms. The fraction of sp³-hybridized carbons (Fsp3) is 0.625. The van der Waals surface area contributed by atoms with Crippen molar-refractivity contribution in [2.45, 2.75) is 52.5 Å². The van der Waals surface area contributed by atoms with Crippen LogP contribution in [-0.4, -0.2) is 23.0 Å². The summed E-state index contributed by atoms with van der Waals surface area (Å²) in [4.78, 5) is 25.5. The molecule has 1 aliphatic carbocycles. The van der Waals surface area contributed by atoms with Crippen LogP contribution in [0.2, 0.25) is 0 Å². The van der Waals surface area contributed by atoms with E-state index in [-0.39, 0.29) is 11.8 Å². The lowest BCUT2D eigenvalue weighted by molar-refractivity contribution is -0.140. The molecule has 2 rings (SSSR count). The number of amides is 1. The van der Waals surface area contributed by atoms with Crippen molar-refractivity contribution < 1.29 is 14.7 Å². The minimum atomic E-state index is -0.965. The van der Waals surface area contributed by atoms with Crippen molar-refractivity contribution in [3.8, 4) is 0 Å². The Morgan fingerprint density at radius 1 is 1.52 bits per heavy atom. The molecule has 0 aliphatic heterocycles. The zero-order valence-corrected chi connectivity index (χ0v) is 13.6. The largest absolute Gasteiger partial charge is 0.480 e. The van der Waals surface area contributed by atoms with E-state index in [1.807, 2.05) is 19.9 Å². The number of aryl methyl sites for hydroxylation is 1. The first-order chi connectivity index (χ1) is 9.92. The predicted molar refractivity (Wildman–Crippen MR) is 83.9 cm³/mol. The number of fused-ring (bicyclic) bond motifs is 1.